The summed E-state index contributed by atoms with van der Waals surface area (Å²) >= 11 is 0. The van der Waals surface area contributed by atoms with Crippen molar-refractivity contribution in [3.63, 3.8) is 0 Å². The molecule has 0 aliphatic rings. The van der Waals surface area contributed by atoms with Crippen LogP contribution < -0.4 is 0 Å². The molecule has 0 rings (SSSR count). The molecule has 0 heterocycles. The van der Waals surface area contributed by atoms with Gasteiger partial charge in [0.15, 0.2) is 6.10 Å². The maximum absolute atomic E-state index is 12.9. The van der Waals surface area contributed by atoms with Crippen LogP contribution in [0.5, 0.6) is 0 Å². The Balaban J connectivity index is 4.25. The highest BCUT2D eigenvalue weighted by Crippen LogP contribution is 2.19. The Kier molecular flexibility index (Phi) is 52.0. The van der Waals surface area contributed by atoms with Gasteiger partial charge in [0.2, 0.25) is 0 Å². The minimum Gasteiger partial charge on any atom is -0.462 e. The lowest BCUT2D eigenvalue weighted by molar-refractivity contribution is -0.167. The second kappa shape index (κ2) is 53.2. The first-order valence-corrected chi connectivity index (χ1v) is 30.7. The zero-order chi connectivity index (χ0) is 49.8. The van der Waals surface area contributed by atoms with Crippen molar-refractivity contribution in [3.8, 4) is 0 Å². The van der Waals surface area contributed by atoms with Crippen LogP contribution in [0, 0.1) is 17.8 Å². The van der Waals surface area contributed by atoms with Crippen LogP contribution in [0.1, 0.15) is 343 Å². The lowest BCUT2D eigenvalue weighted by Gasteiger charge is -2.18. The molecular formula is C62H120O6. The summed E-state index contributed by atoms with van der Waals surface area (Å²) in [6.45, 7) is 13.8. The van der Waals surface area contributed by atoms with E-state index in [2.05, 4.69) is 41.5 Å². The molecule has 0 aliphatic heterocycles. The monoisotopic (exact) mass is 961 g/mol. The van der Waals surface area contributed by atoms with Crippen LogP contribution in [0.25, 0.3) is 0 Å². The van der Waals surface area contributed by atoms with E-state index in [-0.39, 0.29) is 31.1 Å². The Hall–Kier alpha value is -1.59. The van der Waals surface area contributed by atoms with Gasteiger partial charge in [-0.05, 0) is 37.0 Å². The van der Waals surface area contributed by atoms with E-state index in [1.165, 1.54) is 225 Å². The molecule has 6 nitrogen and oxygen atoms in total. The average Bonchev–Trinajstić information content (AvgIpc) is 3.33. The van der Waals surface area contributed by atoms with Crippen molar-refractivity contribution < 1.29 is 28.6 Å². The van der Waals surface area contributed by atoms with Crippen molar-refractivity contribution in [1.82, 2.24) is 0 Å². The summed E-state index contributed by atoms with van der Waals surface area (Å²) in [7, 11) is 0. The smallest absolute Gasteiger partial charge is 0.306 e. The molecule has 0 aliphatic carbocycles. The van der Waals surface area contributed by atoms with E-state index in [1.54, 1.807) is 0 Å². The number of carbonyl (C=O) groups is 3. The maximum Gasteiger partial charge on any atom is 0.306 e. The second-order valence-corrected chi connectivity index (χ2v) is 22.3. The van der Waals surface area contributed by atoms with E-state index >= 15 is 0 Å². The number of ether oxygens (including phenoxy) is 3. The standard InChI is InChI=1S/C62H120O6/c1-7-57(5)49-43-37-31-25-21-17-13-11-9-10-12-14-18-23-27-35-41-47-53-62(65)68-59(55-67-61(64)52-46-40-34-29-28-32-38-44-50-58(6)8-2)54-66-60(63)51-45-39-33-26-22-19-15-16-20-24-30-36-42-48-56(3)4/h56-59H,7-55H2,1-6H3/t57?,58?,59-/m0/s1. The van der Waals surface area contributed by atoms with E-state index in [1.807, 2.05) is 0 Å². The van der Waals surface area contributed by atoms with E-state index in [0.717, 1.165) is 75.5 Å². The topological polar surface area (TPSA) is 78.9 Å². The van der Waals surface area contributed by atoms with Crippen LogP contribution >= 0.6 is 0 Å². The Morgan fingerprint density at radius 3 is 0.765 bits per heavy atom. The Morgan fingerprint density at radius 1 is 0.294 bits per heavy atom. The molecule has 0 aromatic rings. The van der Waals surface area contributed by atoms with Crippen LogP contribution in [-0.4, -0.2) is 37.2 Å². The molecule has 0 spiro atoms. The zero-order valence-electron chi connectivity index (χ0n) is 46.9. The van der Waals surface area contributed by atoms with Gasteiger partial charge < -0.3 is 14.2 Å². The highest BCUT2D eigenvalue weighted by molar-refractivity contribution is 5.71. The summed E-state index contributed by atoms with van der Waals surface area (Å²) < 4.78 is 16.9. The number of rotatable bonds is 55. The van der Waals surface area contributed by atoms with Gasteiger partial charge in [0.25, 0.3) is 0 Å². The van der Waals surface area contributed by atoms with Crippen molar-refractivity contribution >= 4 is 17.9 Å². The van der Waals surface area contributed by atoms with Crippen molar-refractivity contribution in [2.24, 2.45) is 17.8 Å². The quantitative estimate of drug-likeness (QED) is 0.0343. The van der Waals surface area contributed by atoms with Gasteiger partial charge in [-0.1, -0.05) is 305 Å². The highest BCUT2D eigenvalue weighted by atomic mass is 16.6. The molecule has 3 atom stereocenters. The molecule has 0 bridgehead atoms. The zero-order valence-corrected chi connectivity index (χ0v) is 46.9. The summed E-state index contributed by atoms with van der Waals surface area (Å²) in [6, 6.07) is 0. The first-order chi connectivity index (χ1) is 33.2. The van der Waals surface area contributed by atoms with Gasteiger partial charge in [0.05, 0.1) is 0 Å². The Morgan fingerprint density at radius 2 is 0.515 bits per heavy atom. The molecule has 0 N–H and O–H groups in total. The lowest BCUT2D eigenvalue weighted by Crippen LogP contribution is -2.30. The number of esters is 3. The normalized spacial score (nSPS) is 12.9. The summed E-state index contributed by atoms with van der Waals surface area (Å²) in [5, 5.41) is 0. The van der Waals surface area contributed by atoms with E-state index in [4.69, 9.17) is 14.2 Å². The van der Waals surface area contributed by atoms with Crippen molar-refractivity contribution in [2.45, 2.75) is 349 Å². The Bertz CT molecular complexity index is 1060. The minimum atomic E-state index is -0.764. The van der Waals surface area contributed by atoms with Gasteiger partial charge in [-0.25, -0.2) is 0 Å². The summed E-state index contributed by atoms with van der Waals surface area (Å²) in [6.07, 6.45) is 56.6. The number of unbranched alkanes of at least 4 members (excludes halogenated alkanes) is 36. The van der Waals surface area contributed by atoms with Gasteiger partial charge in [-0.3, -0.25) is 14.4 Å². The number of hydrogen-bond acceptors (Lipinski definition) is 6. The van der Waals surface area contributed by atoms with Gasteiger partial charge in [0.1, 0.15) is 13.2 Å². The molecule has 0 radical (unpaired) electrons. The van der Waals surface area contributed by atoms with Gasteiger partial charge in [0, 0.05) is 19.3 Å². The van der Waals surface area contributed by atoms with Crippen LogP contribution in [0.3, 0.4) is 0 Å². The molecule has 0 saturated heterocycles. The van der Waals surface area contributed by atoms with Gasteiger partial charge in [-0.2, -0.15) is 0 Å². The third-order valence-corrected chi connectivity index (χ3v) is 14.9. The number of carbonyl (C=O) groups excluding carboxylic acids is 3. The molecule has 2 unspecified atom stereocenters. The Labute approximate surface area is 425 Å². The molecule has 0 amide bonds. The fourth-order valence-corrected chi connectivity index (χ4v) is 9.47. The van der Waals surface area contributed by atoms with E-state index in [9.17, 15) is 14.4 Å². The predicted molar refractivity (Wildman–Crippen MR) is 293 cm³/mol. The van der Waals surface area contributed by atoms with Crippen LogP contribution in [0.15, 0.2) is 0 Å². The van der Waals surface area contributed by atoms with Crippen LogP contribution in [0.2, 0.25) is 0 Å². The maximum atomic E-state index is 12.9. The first kappa shape index (κ1) is 66.4. The van der Waals surface area contributed by atoms with E-state index < -0.39 is 6.10 Å². The molecule has 0 aromatic heterocycles. The predicted octanol–water partition coefficient (Wildman–Crippen LogP) is 20.3. The molecule has 0 fully saturated rings. The highest BCUT2D eigenvalue weighted by Gasteiger charge is 2.19. The summed E-state index contributed by atoms with van der Waals surface area (Å²) in [4.78, 5) is 38.2. The molecular weight excluding hydrogens is 841 g/mol. The molecule has 68 heavy (non-hydrogen) atoms. The first-order valence-electron chi connectivity index (χ1n) is 30.7. The van der Waals surface area contributed by atoms with Gasteiger partial charge in [-0.15, -0.1) is 0 Å². The molecule has 0 saturated carbocycles. The fraction of sp³-hybridized carbons (Fsp3) is 0.952. The van der Waals surface area contributed by atoms with Crippen molar-refractivity contribution in [3.05, 3.63) is 0 Å². The largest absolute Gasteiger partial charge is 0.462 e. The third kappa shape index (κ3) is 52.2. The van der Waals surface area contributed by atoms with Crippen LogP contribution in [-0.2, 0) is 28.6 Å². The minimum absolute atomic E-state index is 0.0635. The van der Waals surface area contributed by atoms with E-state index in [0.29, 0.717) is 19.3 Å². The average molecular weight is 962 g/mol. The summed E-state index contributed by atoms with van der Waals surface area (Å²) in [5.41, 5.74) is 0. The third-order valence-electron chi connectivity index (χ3n) is 14.9. The summed E-state index contributed by atoms with van der Waals surface area (Å²) in [5.74, 6) is 1.75. The molecule has 404 valence electrons. The second-order valence-electron chi connectivity index (χ2n) is 22.3. The lowest BCUT2D eigenvalue weighted by atomic mass is 9.99. The van der Waals surface area contributed by atoms with Crippen LogP contribution in [0.4, 0.5) is 0 Å². The molecule has 0 aromatic carbocycles. The number of hydrogen-bond donors (Lipinski definition) is 0. The van der Waals surface area contributed by atoms with Crippen molar-refractivity contribution in [1.29, 1.82) is 0 Å². The SMILES string of the molecule is CCC(C)CCCCCCCCCCCCCCCCCCCCC(=O)O[C@@H](COC(=O)CCCCCCCCCCCCCCCC(C)C)COC(=O)CCCCCCCCCCC(C)CC. The molecule has 6 heteroatoms. The fourth-order valence-electron chi connectivity index (χ4n) is 9.47. The van der Waals surface area contributed by atoms with Gasteiger partial charge >= 0.3 is 17.9 Å². The van der Waals surface area contributed by atoms with Crippen molar-refractivity contribution in [2.75, 3.05) is 13.2 Å².